The van der Waals surface area contributed by atoms with E-state index in [0.717, 1.165) is 0 Å². The van der Waals surface area contributed by atoms with Crippen LogP contribution in [-0.4, -0.2) is 36.2 Å². The summed E-state index contributed by atoms with van der Waals surface area (Å²) in [5.41, 5.74) is -1.05. The van der Waals surface area contributed by atoms with Crippen LogP contribution in [0.15, 0.2) is 11.5 Å². The van der Waals surface area contributed by atoms with Gasteiger partial charge in [-0.15, -0.1) is 5.47 Å². The number of nitrogens with zero attached hydrogens (tertiary/aromatic N) is 1. The summed E-state index contributed by atoms with van der Waals surface area (Å²) in [6, 6.07) is -0.474. The van der Waals surface area contributed by atoms with Crippen LogP contribution in [0.4, 0.5) is 17.7 Å². The first-order valence-corrected chi connectivity index (χ1v) is 6.49. The summed E-state index contributed by atoms with van der Waals surface area (Å²) in [5, 5.41) is 0. The molecule has 3 rings (SSSR count). The zero-order chi connectivity index (χ0) is 14.4. The first-order chi connectivity index (χ1) is 8.58. The predicted molar refractivity (Wildman–Crippen MR) is 66.6 cm³/mol. The third-order valence-electron chi connectivity index (χ3n) is 3.49. The lowest BCUT2D eigenvalue weighted by atomic mass is 9.64. The van der Waals surface area contributed by atoms with Crippen LogP contribution in [-0.2, 0) is 4.74 Å². The second-order valence-electron chi connectivity index (χ2n) is 6.22. The molecule has 0 N–H and O–H groups in total. The highest BCUT2D eigenvalue weighted by molar-refractivity contribution is 6.67. The predicted octanol–water partition coefficient (Wildman–Crippen LogP) is 3.33. The lowest BCUT2D eigenvalue weighted by Crippen LogP contribution is -2.53. The van der Waals surface area contributed by atoms with Crippen LogP contribution < -0.4 is 0 Å². The van der Waals surface area contributed by atoms with Gasteiger partial charge in [0.1, 0.15) is 5.60 Å². The maximum absolute atomic E-state index is 12.9. The van der Waals surface area contributed by atoms with Crippen molar-refractivity contribution in [1.82, 2.24) is 4.90 Å². The molecule has 7 heteroatoms. The fourth-order valence-electron chi connectivity index (χ4n) is 2.70. The number of amides is 1. The standard InChI is InChI=1S/C12H18BF3NO2/c1-12(2,3)19-11(18)17-7-8-4-5-9(17)6-10(8)13(14,15)16/h6,8-9H,4-5,7H2,1-3H3/q-1/t8-,9-/m0/s1. The molecule has 0 saturated carbocycles. The molecule has 1 fully saturated rings. The van der Waals surface area contributed by atoms with Gasteiger partial charge >= 0.3 is 13.1 Å². The Hall–Kier alpha value is -1.14. The zero-order valence-electron chi connectivity index (χ0n) is 11.3. The smallest absolute Gasteiger partial charge is 0.445 e. The van der Waals surface area contributed by atoms with E-state index in [4.69, 9.17) is 4.74 Å². The second-order valence-corrected chi connectivity index (χ2v) is 6.22. The lowest BCUT2D eigenvalue weighted by Gasteiger charge is -2.47. The van der Waals surface area contributed by atoms with Gasteiger partial charge in [0.2, 0.25) is 0 Å². The first-order valence-electron chi connectivity index (χ1n) is 6.49. The highest BCUT2D eigenvalue weighted by Gasteiger charge is 2.44. The molecule has 2 bridgehead atoms. The molecule has 108 valence electrons. The Kier molecular flexibility index (Phi) is 3.35. The number of halogens is 3. The maximum atomic E-state index is 12.9. The maximum Gasteiger partial charge on any atom is 0.505 e. The Morgan fingerprint density at radius 3 is 2.42 bits per heavy atom. The summed E-state index contributed by atoms with van der Waals surface area (Å²) in [5.74, 6) is -0.586. The number of carbonyl (C=O) groups excluding carboxylic acids is 1. The van der Waals surface area contributed by atoms with Crippen molar-refractivity contribution >= 4 is 13.1 Å². The molecule has 3 aliphatic rings. The molecular formula is C12H18BF3NO2-. The van der Waals surface area contributed by atoms with Gasteiger partial charge in [-0.05, 0) is 39.5 Å². The molecule has 0 unspecified atom stereocenters. The van der Waals surface area contributed by atoms with Gasteiger partial charge in [-0.1, -0.05) is 6.08 Å². The summed E-state index contributed by atoms with van der Waals surface area (Å²) in [7, 11) is 0. The SMILES string of the molecule is CC(C)(C)OC(=O)N1C[C@@H]2CC[C@H]1C=C2[B-](F)(F)F. The van der Waals surface area contributed by atoms with Crippen LogP contribution in [0, 0.1) is 5.92 Å². The van der Waals surface area contributed by atoms with Crippen molar-refractivity contribution in [3.63, 3.8) is 0 Å². The minimum Gasteiger partial charge on any atom is -0.445 e. The molecule has 2 heterocycles. The Morgan fingerprint density at radius 2 is 2.00 bits per heavy atom. The lowest BCUT2D eigenvalue weighted by molar-refractivity contribution is 0.00795. The summed E-state index contributed by atoms with van der Waals surface area (Å²) in [6.45, 7) is 0.406. The Labute approximate surface area is 110 Å². The molecule has 3 nitrogen and oxygen atoms in total. The normalized spacial score (nSPS) is 27.3. The van der Waals surface area contributed by atoms with Crippen molar-refractivity contribution in [3.8, 4) is 0 Å². The average molecular weight is 276 g/mol. The van der Waals surface area contributed by atoms with Crippen LogP contribution in [0.25, 0.3) is 0 Å². The van der Waals surface area contributed by atoms with Crippen LogP contribution in [0.3, 0.4) is 0 Å². The van der Waals surface area contributed by atoms with Crippen molar-refractivity contribution in [2.45, 2.75) is 45.3 Å². The van der Waals surface area contributed by atoms with Crippen LogP contribution >= 0.6 is 0 Å². The van der Waals surface area contributed by atoms with Crippen molar-refractivity contribution in [3.05, 3.63) is 11.5 Å². The first kappa shape index (κ1) is 14.3. The number of hydrogen-bond donors (Lipinski definition) is 0. The average Bonchev–Trinajstić information content (AvgIpc) is 2.26. The van der Waals surface area contributed by atoms with Crippen molar-refractivity contribution in [2.24, 2.45) is 5.92 Å². The second kappa shape index (κ2) is 4.46. The van der Waals surface area contributed by atoms with Gasteiger partial charge in [0.25, 0.3) is 0 Å². The molecule has 1 saturated heterocycles. The van der Waals surface area contributed by atoms with E-state index in [1.54, 1.807) is 20.8 Å². The van der Waals surface area contributed by atoms with E-state index in [1.807, 2.05) is 0 Å². The Bertz CT molecular complexity index is 414. The highest BCUT2D eigenvalue weighted by atomic mass is 19.4. The van der Waals surface area contributed by atoms with E-state index in [0.29, 0.717) is 12.8 Å². The molecular weight excluding hydrogens is 258 g/mol. The fraction of sp³-hybridized carbons (Fsp3) is 0.750. The number of ether oxygens (including phenoxy) is 1. The minimum absolute atomic E-state index is 0.118. The number of piperidine rings is 1. The third kappa shape index (κ3) is 3.07. The molecule has 0 aromatic rings. The molecule has 19 heavy (non-hydrogen) atoms. The third-order valence-corrected chi connectivity index (χ3v) is 3.49. The number of fused-ring (bicyclic) bond motifs is 2. The monoisotopic (exact) mass is 276 g/mol. The van der Waals surface area contributed by atoms with Gasteiger partial charge in [0.05, 0.1) is 6.04 Å². The number of hydrogen-bond acceptors (Lipinski definition) is 2. The van der Waals surface area contributed by atoms with E-state index in [1.165, 1.54) is 11.0 Å². The van der Waals surface area contributed by atoms with E-state index < -0.39 is 36.1 Å². The van der Waals surface area contributed by atoms with Gasteiger partial charge in [-0.3, -0.25) is 0 Å². The van der Waals surface area contributed by atoms with Gasteiger partial charge in [0.15, 0.2) is 0 Å². The highest BCUT2D eigenvalue weighted by Crippen LogP contribution is 2.40. The molecule has 1 aliphatic carbocycles. The zero-order valence-corrected chi connectivity index (χ0v) is 11.3. The molecule has 0 aromatic carbocycles. The summed E-state index contributed by atoms with van der Waals surface area (Å²) in [4.78, 5) is 13.4. The molecule has 1 amide bonds. The molecule has 0 spiro atoms. The molecule has 2 atom stereocenters. The molecule has 0 aromatic heterocycles. The number of rotatable bonds is 1. The fourth-order valence-corrected chi connectivity index (χ4v) is 2.70. The van der Waals surface area contributed by atoms with E-state index in [-0.39, 0.29) is 6.54 Å². The minimum atomic E-state index is -4.94. The van der Waals surface area contributed by atoms with Crippen molar-refractivity contribution in [1.29, 1.82) is 0 Å². The van der Waals surface area contributed by atoms with Crippen molar-refractivity contribution in [2.75, 3.05) is 6.54 Å². The molecule has 2 aliphatic heterocycles. The van der Waals surface area contributed by atoms with Crippen LogP contribution in [0.1, 0.15) is 33.6 Å². The number of carbonyl (C=O) groups is 1. The summed E-state index contributed by atoms with van der Waals surface area (Å²) >= 11 is 0. The Morgan fingerprint density at radius 1 is 1.37 bits per heavy atom. The molecule has 0 radical (unpaired) electrons. The summed E-state index contributed by atoms with van der Waals surface area (Å²) in [6.07, 6.45) is 1.77. The quantitative estimate of drug-likeness (QED) is 0.687. The van der Waals surface area contributed by atoms with Crippen LogP contribution in [0.2, 0.25) is 0 Å². The van der Waals surface area contributed by atoms with E-state index in [9.17, 15) is 17.7 Å². The van der Waals surface area contributed by atoms with Gasteiger partial charge in [-0.2, -0.15) is 0 Å². The van der Waals surface area contributed by atoms with Crippen molar-refractivity contribution < 1.29 is 22.5 Å². The van der Waals surface area contributed by atoms with Crippen LogP contribution in [0.5, 0.6) is 0 Å². The van der Waals surface area contributed by atoms with Gasteiger partial charge in [0, 0.05) is 6.54 Å². The van der Waals surface area contributed by atoms with Gasteiger partial charge < -0.3 is 22.6 Å². The van der Waals surface area contributed by atoms with Gasteiger partial charge in [-0.25, -0.2) is 4.79 Å². The Balaban J connectivity index is 2.14. The van der Waals surface area contributed by atoms with E-state index in [2.05, 4.69) is 0 Å². The largest absolute Gasteiger partial charge is 0.505 e. The van der Waals surface area contributed by atoms with E-state index >= 15 is 0 Å². The summed E-state index contributed by atoms with van der Waals surface area (Å²) < 4.78 is 43.8. The topological polar surface area (TPSA) is 29.5 Å².